The number of nitrogens with one attached hydrogen (secondary N) is 2. The molecular weight excluding hydrogens is 421 g/mol. The van der Waals surface area contributed by atoms with Crippen molar-refractivity contribution in [2.75, 3.05) is 18.3 Å². The van der Waals surface area contributed by atoms with Gasteiger partial charge in [-0.1, -0.05) is 11.6 Å². The van der Waals surface area contributed by atoms with Crippen LogP contribution in [0.3, 0.4) is 0 Å². The van der Waals surface area contributed by atoms with Gasteiger partial charge >= 0.3 is 0 Å². The van der Waals surface area contributed by atoms with E-state index in [9.17, 15) is 4.79 Å². The fourth-order valence-corrected chi connectivity index (χ4v) is 3.08. The zero-order valence-corrected chi connectivity index (χ0v) is 17.2. The summed E-state index contributed by atoms with van der Waals surface area (Å²) in [6.07, 6.45) is 0.920. The highest BCUT2D eigenvalue weighted by Gasteiger charge is 2.10. The van der Waals surface area contributed by atoms with E-state index in [2.05, 4.69) is 20.8 Å². The minimum Gasteiger partial charge on any atom is -0.495 e. The second-order valence-electron chi connectivity index (χ2n) is 5.81. The number of hydrogen-bond acceptors (Lipinski definition) is 5. The summed E-state index contributed by atoms with van der Waals surface area (Å²) in [5, 5.41) is 15.2. The van der Waals surface area contributed by atoms with Crippen molar-refractivity contribution < 1.29 is 9.53 Å². The topological polar surface area (TPSA) is 81.1 Å². The number of ether oxygens (including phenoxy) is 1. The molecule has 0 spiro atoms. The van der Waals surface area contributed by atoms with Crippen molar-refractivity contribution in [3.8, 4) is 11.4 Å². The van der Waals surface area contributed by atoms with Crippen LogP contribution in [0.1, 0.15) is 12.8 Å². The van der Waals surface area contributed by atoms with Gasteiger partial charge in [-0.2, -0.15) is 4.80 Å². The maximum absolute atomic E-state index is 11.7. The first-order valence-electron chi connectivity index (χ1n) is 8.38. The number of amides is 1. The van der Waals surface area contributed by atoms with Crippen LogP contribution in [0.25, 0.3) is 16.7 Å². The van der Waals surface area contributed by atoms with Gasteiger partial charge in [0.2, 0.25) is 5.91 Å². The van der Waals surface area contributed by atoms with E-state index in [1.165, 1.54) is 4.80 Å². The third kappa shape index (κ3) is 4.89. The Balaban J connectivity index is 1.75. The van der Waals surface area contributed by atoms with Crippen molar-refractivity contribution in [1.29, 1.82) is 0 Å². The standard InChI is InChI=1S/C18H17Cl2N5O2S/c1-27-16-7-5-12(10-13(16)20)25-23-14-6-4-11(9-15(14)24-25)21-18(28)22-17(26)3-2-8-19/h4-7,9-10H,2-3,8H2,1H3,(H2,21,22,26,28). The second kappa shape index (κ2) is 9.18. The number of benzene rings is 2. The molecule has 3 aromatic rings. The van der Waals surface area contributed by atoms with Gasteiger partial charge in [0.15, 0.2) is 5.11 Å². The van der Waals surface area contributed by atoms with Gasteiger partial charge in [-0.3, -0.25) is 4.79 Å². The van der Waals surface area contributed by atoms with E-state index >= 15 is 0 Å². The van der Waals surface area contributed by atoms with Crippen LogP contribution in [0.15, 0.2) is 36.4 Å². The van der Waals surface area contributed by atoms with Gasteiger partial charge in [0.1, 0.15) is 16.8 Å². The molecule has 146 valence electrons. The minimum atomic E-state index is -0.179. The number of anilines is 1. The van der Waals surface area contributed by atoms with Gasteiger partial charge in [0.05, 0.1) is 17.8 Å². The summed E-state index contributed by atoms with van der Waals surface area (Å²) < 4.78 is 5.16. The third-order valence-electron chi connectivity index (χ3n) is 3.79. The molecule has 3 rings (SSSR count). The molecule has 0 aliphatic rings. The molecule has 10 heteroatoms. The molecule has 0 saturated carbocycles. The lowest BCUT2D eigenvalue weighted by atomic mass is 10.3. The maximum Gasteiger partial charge on any atom is 0.226 e. The molecule has 1 amide bonds. The number of methoxy groups -OCH3 is 1. The minimum absolute atomic E-state index is 0.179. The predicted molar refractivity (Wildman–Crippen MR) is 115 cm³/mol. The van der Waals surface area contributed by atoms with Crippen molar-refractivity contribution in [3.05, 3.63) is 41.4 Å². The summed E-state index contributed by atoms with van der Waals surface area (Å²) in [7, 11) is 1.56. The molecule has 0 bridgehead atoms. The van der Waals surface area contributed by atoms with Crippen LogP contribution in [-0.2, 0) is 4.79 Å². The Bertz CT molecular complexity index is 1020. The van der Waals surface area contributed by atoms with Crippen molar-refractivity contribution in [2.24, 2.45) is 0 Å². The van der Waals surface area contributed by atoms with E-state index in [-0.39, 0.29) is 11.0 Å². The van der Waals surface area contributed by atoms with Gasteiger partial charge in [-0.25, -0.2) is 0 Å². The highest BCUT2D eigenvalue weighted by Crippen LogP contribution is 2.26. The molecule has 28 heavy (non-hydrogen) atoms. The Morgan fingerprint density at radius 2 is 2.00 bits per heavy atom. The quantitative estimate of drug-likeness (QED) is 0.449. The Morgan fingerprint density at radius 3 is 2.71 bits per heavy atom. The number of alkyl halides is 1. The summed E-state index contributed by atoms with van der Waals surface area (Å²) in [6.45, 7) is 0. The molecule has 1 aromatic heterocycles. The molecule has 0 aliphatic carbocycles. The van der Waals surface area contributed by atoms with E-state index < -0.39 is 0 Å². The van der Waals surface area contributed by atoms with Gasteiger partial charge < -0.3 is 15.4 Å². The summed E-state index contributed by atoms with van der Waals surface area (Å²) in [5.74, 6) is 0.830. The summed E-state index contributed by atoms with van der Waals surface area (Å²) >= 11 is 16.9. The molecule has 0 saturated heterocycles. The Morgan fingerprint density at radius 1 is 1.21 bits per heavy atom. The van der Waals surface area contributed by atoms with Crippen LogP contribution >= 0.6 is 35.4 Å². The number of rotatable bonds is 6. The third-order valence-corrected chi connectivity index (χ3v) is 4.56. The number of aromatic nitrogens is 3. The van der Waals surface area contributed by atoms with Crippen LogP contribution in [0, 0.1) is 0 Å². The fourth-order valence-electron chi connectivity index (χ4n) is 2.47. The van der Waals surface area contributed by atoms with Gasteiger partial charge in [0.25, 0.3) is 0 Å². The number of carbonyl (C=O) groups is 1. The number of hydrogen-bond donors (Lipinski definition) is 2. The van der Waals surface area contributed by atoms with Crippen LogP contribution in [0.2, 0.25) is 5.02 Å². The first kappa shape index (κ1) is 20.3. The highest BCUT2D eigenvalue weighted by molar-refractivity contribution is 7.80. The lowest BCUT2D eigenvalue weighted by molar-refractivity contribution is -0.119. The van der Waals surface area contributed by atoms with Crippen LogP contribution in [-0.4, -0.2) is 39.0 Å². The Kier molecular flexibility index (Phi) is 6.66. The number of fused-ring (bicyclic) bond motifs is 1. The number of nitrogens with zero attached hydrogens (tertiary/aromatic N) is 3. The van der Waals surface area contributed by atoms with Gasteiger partial charge in [0, 0.05) is 18.0 Å². The number of halogens is 2. The zero-order chi connectivity index (χ0) is 20.1. The van der Waals surface area contributed by atoms with Crippen LogP contribution < -0.4 is 15.4 Å². The van der Waals surface area contributed by atoms with Gasteiger partial charge in [-0.15, -0.1) is 21.8 Å². The first-order valence-corrected chi connectivity index (χ1v) is 9.70. The SMILES string of the molecule is COc1ccc(-n2nc3ccc(NC(=S)NC(=O)CCCCl)cc3n2)cc1Cl. The highest BCUT2D eigenvalue weighted by atomic mass is 35.5. The lowest BCUT2D eigenvalue weighted by Crippen LogP contribution is -2.33. The average Bonchev–Trinajstić information content (AvgIpc) is 3.09. The molecule has 0 aliphatic heterocycles. The van der Waals surface area contributed by atoms with E-state index in [0.717, 1.165) is 0 Å². The molecule has 0 fully saturated rings. The molecule has 0 unspecified atom stereocenters. The number of carbonyl (C=O) groups excluding carboxylic acids is 1. The summed E-state index contributed by atoms with van der Waals surface area (Å²) in [5.41, 5.74) is 2.76. The van der Waals surface area contributed by atoms with Crippen molar-refractivity contribution in [1.82, 2.24) is 20.3 Å². The maximum atomic E-state index is 11.7. The molecule has 0 atom stereocenters. The van der Waals surface area contributed by atoms with E-state index in [1.54, 1.807) is 31.4 Å². The predicted octanol–water partition coefficient (Wildman–Crippen LogP) is 3.91. The monoisotopic (exact) mass is 437 g/mol. The average molecular weight is 438 g/mol. The molecule has 1 heterocycles. The van der Waals surface area contributed by atoms with E-state index in [4.69, 9.17) is 40.2 Å². The van der Waals surface area contributed by atoms with E-state index in [0.29, 0.717) is 51.9 Å². The van der Waals surface area contributed by atoms with Crippen LogP contribution in [0.5, 0.6) is 5.75 Å². The van der Waals surface area contributed by atoms with E-state index in [1.807, 2.05) is 12.1 Å². The number of thiocarbonyl (C=S) groups is 1. The molecule has 7 nitrogen and oxygen atoms in total. The summed E-state index contributed by atoms with van der Waals surface area (Å²) in [4.78, 5) is 13.2. The fraction of sp³-hybridized carbons (Fsp3) is 0.222. The zero-order valence-electron chi connectivity index (χ0n) is 14.9. The van der Waals surface area contributed by atoms with Crippen molar-refractivity contribution in [2.45, 2.75) is 12.8 Å². The largest absolute Gasteiger partial charge is 0.495 e. The molecule has 0 radical (unpaired) electrons. The van der Waals surface area contributed by atoms with Gasteiger partial charge in [-0.05, 0) is 55.0 Å². The van der Waals surface area contributed by atoms with Crippen LogP contribution in [0.4, 0.5) is 5.69 Å². The van der Waals surface area contributed by atoms with Crippen molar-refractivity contribution >= 4 is 63.2 Å². The smallest absolute Gasteiger partial charge is 0.226 e. The first-order chi connectivity index (χ1) is 13.5. The molecular formula is C18H17Cl2N5O2S. The molecule has 2 N–H and O–H groups in total. The Labute approximate surface area is 176 Å². The Hall–Kier alpha value is -2.42. The molecule has 2 aromatic carbocycles. The normalized spacial score (nSPS) is 10.7. The summed E-state index contributed by atoms with van der Waals surface area (Å²) in [6, 6.07) is 10.7. The van der Waals surface area contributed by atoms with Crippen molar-refractivity contribution in [3.63, 3.8) is 0 Å². The lowest BCUT2D eigenvalue weighted by Gasteiger charge is -2.08. The second-order valence-corrected chi connectivity index (χ2v) is 7.00.